The Morgan fingerprint density at radius 2 is 1.67 bits per heavy atom. The number of hydrogen-bond donors (Lipinski definition) is 1. The monoisotopic (exact) mass is 303 g/mol. The number of ketones is 1. The summed E-state index contributed by atoms with van der Waals surface area (Å²) >= 11 is 0. The summed E-state index contributed by atoms with van der Waals surface area (Å²) in [6.07, 6.45) is 0.323. The molecule has 0 aromatic heterocycles. The highest BCUT2D eigenvalue weighted by Crippen LogP contribution is 2.21. The van der Waals surface area contributed by atoms with Gasteiger partial charge in [0.2, 0.25) is 0 Å². The van der Waals surface area contributed by atoms with Crippen LogP contribution in [0.4, 0.5) is 5.69 Å². The molecule has 2 aromatic carbocycles. The predicted octanol–water partition coefficient (Wildman–Crippen LogP) is 3.39. The molecule has 0 radical (unpaired) electrons. The molecule has 5 heteroatoms. The standard InChI is InChI=1S/C16H17NO3S/c1-3-16(18)14-6-4-5-7-15(14)17-21(19,20)13-10-8-12(2)9-11-13/h4-11,17H,3H2,1-2H3. The minimum atomic E-state index is -3.70. The molecule has 0 saturated carbocycles. The van der Waals surface area contributed by atoms with Gasteiger partial charge in [-0.2, -0.15) is 0 Å². The summed E-state index contributed by atoms with van der Waals surface area (Å²) in [4.78, 5) is 12.0. The summed E-state index contributed by atoms with van der Waals surface area (Å²) in [6, 6.07) is 13.2. The van der Waals surface area contributed by atoms with Crippen LogP contribution in [0, 0.1) is 6.92 Å². The Kier molecular flexibility index (Phi) is 4.43. The van der Waals surface area contributed by atoms with Crippen molar-refractivity contribution < 1.29 is 13.2 Å². The zero-order valence-corrected chi connectivity index (χ0v) is 12.8. The second-order valence-electron chi connectivity index (χ2n) is 4.74. The van der Waals surface area contributed by atoms with Crippen LogP contribution >= 0.6 is 0 Å². The molecule has 0 heterocycles. The molecule has 0 saturated heterocycles. The van der Waals surface area contributed by atoms with Gasteiger partial charge >= 0.3 is 0 Å². The van der Waals surface area contributed by atoms with E-state index in [2.05, 4.69) is 4.72 Å². The molecule has 0 aliphatic rings. The third-order valence-corrected chi connectivity index (χ3v) is 4.51. The minimum absolute atomic E-state index is 0.0998. The molecular weight excluding hydrogens is 286 g/mol. The van der Waals surface area contributed by atoms with Crippen molar-refractivity contribution in [3.63, 3.8) is 0 Å². The molecule has 1 N–H and O–H groups in total. The van der Waals surface area contributed by atoms with Gasteiger partial charge < -0.3 is 0 Å². The van der Waals surface area contributed by atoms with Crippen LogP contribution in [-0.2, 0) is 10.0 Å². The van der Waals surface area contributed by atoms with Crippen molar-refractivity contribution in [1.29, 1.82) is 0 Å². The van der Waals surface area contributed by atoms with Crippen molar-refractivity contribution in [3.8, 4) is 0 Å². The molecule has 110 valence electrons. The van der Waals surface area contributed by atoms with Gasteiger partial charge in [-0.3, -0.25) is 9.52 Å². The highest BCUT2D eigenvalue weighted by atomic mass is 32.2. The van der Waals surface area contributed by atoms with Crippen molar-refractivity contribution in [2.75, 3.05) is 4.72 Å². The van der Waals surface area contributed by atoms with E-state index in [4.69, 9.17) is 0 Å². The molecular formula is C16H17NO3S. The van der Waals surface area contributed by atoms with Crippen LogP contribution in [0.3, 0.4) is 0 Å². The van der Waals surface area contributed by atoms with Crippen LogP contribution in [0.15, 0.2) is 53.4 Å². The highest BCUT2D eigenvalue weighted by molar-refractivity contribution is 7.92. The lowest BCUT2D eigenvalue weighted by Gasteiger charge is -2.11. The van der Waals surface area contributed by atoms with Gasteiger partial charge in [0, 0.05) is 12.0 Å². The van der Waals surface area contributed by atoms with Gasteiger partial charge in [0.25, 0.3) is 10.0 Å². The zero-order chi connectivity index (χ0) is 15.5. The largest absolute Gasteiger partial charge is 0.294 e. The van der Waals surface area contributed by atoms with Gasteiger partial charge in [-0.05, 0) is 31.2 Å². The number of carbonyl (C=O) groups excluding carboxylic acids is 1. The SMILES string of the molecule is CCC(=O)c1ccccc1NS(=O)(=O)c1ccc(C)cc1. The summed E-state index contributed by atoms with van der Waals surface area (Å²) in [6.45, 7) is 3.63. The lowest BCUT2D eigenvalue weighted by atomic mass is 10.1. The molecule has 21 heavy (non-hydrogen) atoms. The second kappa shape index (κ2) is 6.10. The van der Waals surface area contributed by atoms with Crippen molar-refractivity contribution >= 4 is 21.5 Å². The summed E-state index contributed by atoms with van der Waals surface area (Å²) in [5.74, 6) is -0.0998. The number of hydrogen-bond acceptors (Lipinski definition) is 3. The Morgan fingerprint density at radius 3 is 2.29 bits per heavy atom. The number of Topliss-reactive ketones (excluding diaryl/α,β-unsaturated/α-hetero) is 1. The molecule has 0 aliphatic heterocycles. The van der Waals surface area contributed by atoms with E-state index >= 15 is 0 Å². The van der Waals surface area contributed by atoms with Gasteiger partial charge in [0.05, 0.1) is 10.6 Å². The van der Waals surface area contributed by atoms with Gasteiger partial charge in [-0.25, -0.2) is 8.42 Å². The number of anilines is 1. The summed E-state index contributed by atoms with van der Waals surface area (Å²) in [7, 11) is -3.70. The van der Waals surface area contributed by atoms with Crippen molar-refractivity contribution in [2.24, 2.45) is 0 Å². The summed E-state index contributed by atoms with van der Waals surface area (Å²) in [5, 5.41) is 0. The fraction of sp³-hybridized carbons (Fsp3) is 0.188. The fourth-order valence-electron chi connectivity index (χ4n) is 1.93. The van der Waals surface area contributed by atoms with E-state index < -0.39 is 10.0 Å². The first-order valence-electron chi connectivity index (χ1n) is 6.66. The van der Waals surface area contributed by atoms with Gasteiger partial charge in [0.1, 0.15) is 0 Å². The first-order chi connectivity index (χ1) is 9.94. The zero-order valence-electron chi connectivity index (χ0n) is 12.0. The molecule has 2 rings (SSSR count). The molecule has 0 bridgehead atoms. The smallest absolute Gasteiger partial charge is 0.261 e. The summed E-state index contributed by atoms with van der Waals surface area (Å²) in [5.41, 5.74) is 1.68. The number of para-hydroxylation sites is 1. The Hall–Kier alpha value is -2.14. The number of rotatable bonds is 5. The first-order valence-corrected chi connectivity index (χ1v) is 8.14. The number of nitrogens with one attached hydrogen (secondary N) is 1. The van der Waals surface area contributed by atoms with E-state index in [1.54, 1.807) is 55.5 Å². The maximum atomic E-state index is 12.4. The molecule has 0 unspecified atom stereocenters. The first kappa shape index (κ1) is 15.3. The van der Waals surface area contributed by atoms with Crippen molar-refractivity contribution in [1.82, 2.24) is 0 Å². The van der Waals surface area contributed by atoms with Crippen LogP contribution in [0.1, 0.15) is 29.3 Å². The normalized spacial score (nSPS) is 11.1. The molecule has 4 nitrogen and oxygen atoms in total. The Morgan fingerprint density at radius 1 is 1.05 bits per heavy atom. The Balaban J connectivity index is 2.37. The van der Waals surface area contributed by atoms with Crippen LogP contribution in [0.25, 0.3) is 0 Å². The van der Waals surface area contributed by atoms with E-state index in [-0.39, 0.29) is 10.7 Å². The van der Waals surface area contributed by atoms with E-state index in [1.165, 1.54) is 0 Å². The molecule has 0 fully saturated rings. The average Bonchev–Trinajstić information content (AvgIpc) is 2.47. The molecule has 0 spiro atoms. The maximum Gasteiger partial charge on any atom is 0.261 e. The quantitative estimate of drug-likeness (QED) is 0.861. The van der Waals surface area contributed by atoms with E-state index in [0.717, 1.165) is 5.56 Å². The van der Waals surface area contributed by atoms with E-state index in [9.17, 15) is 13.2 Å². The van der Waals surface area contributed by atoms with Gasteiger partial charge in [-0.15, -0.1) is 0 Å². The minimum Gasteiger partial charge on any atom is -0.294 e. The van der Waals surface area contributed by atoms with Crippen LogP contribution in [-0.4, -0.2) is 14.2 Å². The van der Waals surface area contributed by atoms with Crippen LogP contribution in [0.5, 0.6) is 0 Å². The fourth-order valence-corrected chi connectivity index (χ4v) is 3.01. The van der Waals surface area contributed by atoms with E-state index in [1.807, 2.05) is 6.92 Å². The number of carbonyl (C=O) groups is 1. The van der Waals surface area contributed by atoms with Crippen LogP contribution in [0.2, 0.25) is 0 Å². The molecule has 0 amide bonds. The van der Waals surface area contributed by atoms with E-state index in [0.29, 0.717) is 17.7 Å². The molecule has 0 atom stereocenters. The lowest BCUT2D eigenvalue weighted by molar-refractivity contribution is 0.0989. The molecule has 2 aromatic rings. The number of aryl methyl sites for hydroxylation is 1. The Labute approximate surface area is 124 Å². The number of benzene rings is 2. The Bertz CT molecular complexity index is 749. The third-order valence-electron chi connectivity index (χ3n) is 3.12. The van der Waals surface area contributed by atoms with Crippen molar-refractivity contribution in [3.05, 3.63) is 59.7 Å². The maximum absolute atomic E-state index is 12.4. The second-order valence-corrected chi connectivity index (χ2v) is 6.42. The average molecular weight is 303 g/mol. The van der Waals surface area contributed by atoms with Gasteiger partial charge in [0.15, 0.2) is 5.78 Å². The summed E-state index contributed by atoms with van der Waals surface area (Å²) < 4.78 is 27.2. The van der Waals surface area contributed by atoms with Gasteiger partial charge in [-0.1, -0.05) is 36.8 Å². The number of sulfonamides is 1. The molecule has 0 aliphatic carbocycles. The van der Waals surface area contributed by atoms with Crippen molar-refractivity contribution in [2.45, 2.75) is 25.2 Å². The predicted molar refractivity (Wildman–Crippen MR) is 83.1 cm³/mol. The highest BCUT2D eigenvalue weighted by Gasteiger charge is 2.17. The van der Waals surface area contributed by atoms with Crippen LogP contribution < -0.4 is 4.72 Å². The lowest BCUT2D eigenvalue weighted by Crippen LogP contribution is -2.15. The third kappa shape index (κ3) is 3.49. The topological polar surface area (TPSA) is 63.2 Å².